The van der Waals surface area contributed by atoms with Crippen LogP contribution in [0, 0.1) is 5.92 Å². The van der Waals surface area contributed by atoms with E-state index in [4.69, 9.17) is 4.42 Å². The molecule has 2 rings (SSSR count). The van der Waals surface area contributed by atoms with Crippen LogP contribution in [0.25, 0.3) is 0 Å². The first-order valence-corrected chi connectivity index (χ1v) is 9.32. The van der Waals surface area contributed by atoms with Gasteiger partial charge in [-0.2, -0.15) is 0 Å². The van der Waals surface area contributed by atoms with Crippen LogP contribution in [0.2, 0.25) is 0 Å². The van der Waals surface area contributed by atoms with Crippen molar-refractivity contribution in [2.45, 2.75) is 59.0 Å². The Labute approximate surface area is 150 Å². The number of furan rings is 1. The topological polar surface area (TPSA) is 74.6 Å². The molecule has 2 amide bonds. The molecule has 140 valence electrons. The molecule has 1 saturated heterocycles. The first kappa shape index (κ1) is 19.5. The summed E-state index contributed by atoms with van der Waals surface area (Å²) in [6, 6.07) is 3.72. The van der Waals surface area contributed by atoms with E-state index in [2.05, 4.69) is 29.4 Å². The number of likely N-dealkylation sites (tertiary alicyclic amines) is 1. The van der Waals surface area contributed by atoms with Gasteiger partial charge < -0.3 is 15.1 Å². The van der Waals surface area contributed by atoms with Crippen molar-refractivity contribution in [2.75, 3.05) is 19.6 Å². The van der Waals surface area contributed by atoms with Crippen LogP contribution in [0.1, 0.15) is 62.8 Å². The van der Waals surface area contributed by atoms with Crippen LogP contribution in [0.4, 0.5) is 0 Å². The number of nitrogens with one attached hydrogen (secondary N) is 2. The number of nitrogens with zero attached hydrogens (tertiary/aromatic N) is 1. The van der Waals surface area contributed by atoms with Gasteiger partial charge in [0.1, 0.15) is 5.76 Å². The van der Waals surface area contributed by atoms with Crippen LogP contribution in [0.3, 0.4) is 0 Å². The second-order valence-electron chi connectivity index (χ2n) is 7.15. The van der Waals surface area contributed by atoms with Crippen LogP contribution in [0.15, 0.2) is 16.5 Å². The Bertz CT molecular complexity index is 560. The summed E-state index contributed by atoms with van der Waals surface area (Å²) in [5.74, 6) is 1.02. The molecule has 0 spiro atoms. The van der Waals surface area contributed by atoms with Gasteiger partial charge in [0.15, 0.2) is 5.76 Å². The summed E-state index contributed by atoms with van der Waals surface area (Å²) in [4.78, 5) is 25.8. The van der Waals surface area contributed by atoms with Crippen molar-refractivity contribution in [2.24, 2.45) is 5.92 Å². The minimum absolute atomic E-state index is 0.125. The van der Waals surface area contributed by atoms with Gasteiger partial charge >= 0.3 is 0 Å². The van der Waals surface area contributed by atoms with Crippen molar-refractivity contribution in [1.29, 1.82) is 0 Å². The van der Waals surface area contributed by atoms with Gasteiger partial charge in [0.05, 0.1) is 6.54 Å². The molecule has 0 aliphatic carbocycles. The van der Waals surface area contributed by atoms with E-state index < -0.39 is 0 Å². The third-order valence-electron chi connectivity index (χ3n) is 4.75. The number of hydrogen-bond donors (Lipinski definition) is 2. The van der Waals surface area contributed by atoms with E-state index in [0.29, 0.717) is 36.6 Å². The molecule has 1 aromatic rings. The summed E-state index contributed by atoms with van der Waals surface area (Å²) >= 11 is 0. The lowest BCUT2D eigenvalue weighted by molar-refractivity contribution is -0.119. The molecule has 0 unspecified atom stereocenters. The molecule has 1 aromatic heterocycles. The van der Waals surface area contributed by atoms with Crippen LogP contribution in [0.5, 0.6) is 0 Å². The molecule has 2 N–H and O–H groups in total. The van der Waals surface area contributed by atoms with Crippen LogP contribution in [-0.2, 0) is 11.3 Å². The first-order valence-electron chi connectivity index (χ1n) is 9.32. The van der Waals surface area contributed by atoms with Gasteiger partial charge in [-0.05, 0) is 44.0 Å². The molecule has 1 fully saturated rings. The minimum Gasteiger partial charge on any atom is -0.454 e. The zero-order valence-electron chi connectivity index (χ0n) is 15.6. The van der Waals surface area contributed by atoms with Crippen molar-refractivity contribution in [3.05, 3.63) is 23.7 Å². The normalized spacial score (nSPS) is 17.1. The maximum absolute atomic E-state index is 12.4. The average Bonchev–Trinajstić information content (AvgIpc) is 2.88. The van der Waals surface area contributed by atoms with E-state index >= 15 is 0 Å². The highest BCUT2D eigenvalue weighted by atomic mass is 16.4. The van der Waals surface area contributed by atoms with Gasteiger partial charge in [0.2, 0.25) is 5.91 Å². The molecule has 25 heavy (non-hydrogen) atoms. The first-order chi connectivity index (χ1) is 12.0. The highest BCUT2D eigenvalue weighted by Crippen LogP contribution is 2.17. The van der Waals surface area contributed by atoms with E-state index in [0.717, 1.165) is 13.1 Å². The van der Waals surface area contributed by atoms with Crippen molar-refractivity contribution in [1.82, 2.24) is 15.5 Å². The summed E-state index contributed by atoms with van der Waals surface area (Å²) in [5.41, 5.74) is 0. The maximum Gasteiger partial charge on any atom is 0.287 e. The van der Waals surface area contributed by atoms with E-state index in [1.165, 1.54) is 32.6 Å². The molecular formula is C19H31N3O3. The Kier molecular flexibility index (Phi) is 7.50. The predicted molar refractivity (Wildman–Crippen MR) is 97.2 cm³/mol. The van der Waals surface area contributed by atoms with Gasteiger partial charge in [-0.3, -0.25) is 14.5 Å². The van der Waals surface area contributed by atoms with E-state index in [-0.39, 0.29) is 11.8 Å². The Morgan fingerprint density at radius 2 is 1.80 bits per heavy atom. The second-order valence-corrected chi connectivity index (χ2v) is 7.15. The molecule has 1 aliphatic heterocycles. The fourth-order valence-corrected chi connectivity index (χ4v) is 3.30. The minimum atomic E-state index is -0.199. The third kappa shape index (κ3) is 6.20. The smallest absolute Gasteiger partial charge is 0.287 e. The van der Waals surface area contributed by atoms with Gasteiger partial charge in [-0.25, -0.2) is 0 Å². The number of carbonyl (C=O) groups is 2. The average molecular weight is 349 g/mol. The molecule has 1 atom stereocenters. The zero-order chi connectivity index (χ0) is 18.2. The third-order valence-corrected chi connectivity index (χ3v) is 4.75. The van der Waals surface area contributed by atoms with Gasteiger partial charge in [0, 0.05) is 19.5 Å². The lowest BCUT2D eigenvalue weighted by Gasteiger charge is -2.33. The lowest BCUT2D eigenvalue weighted by Crippen LogP contribution is -2.47. The van der Waals surface area contributed by atoms with Crippen LogP contribution < -0.4 is 10.6 Å². The number of amides is 2. The van der Waals surface area contributed by atoms with Crippen molar-refractivity contribution in [3.8, 4) is 0 Å². The fraction of sp³-hybridized carbons (Fsp3) is 0.684. The quantitative estimate of drug-likeness (QED) is 0.793. The van der Waals surface area contributed by atoms with Gasteiger partial charge in [0.25, 0.3) is 5.91 Å². The summed E-state index contributed by atoms with van der Waals surface area (Å²) in [7, 11) is 0. The highest BCUT2D eigenvalue weighted by molar-refractivity contribution is 5.91. The molecule has 6 nitrogen and oxygen atoms in total. The lowest BCUT2D eigenvalue weighted by atomic mass is 10.0. The Morgan fingerprint density at radius 1 is 1.12 bits per heavy atom. The summed E-state index contributed by atoms with van der Waals surface area (Å²) in [5, 5.41) is 5.67. The summed E-state index contributed by atoms with van der Waals surface area (Å²) < 4.78 is 5.51. The Morgan fingerprint density at radius 3 is 2.40 bits per heavy atom. The monoisotopic (exact) mass is 349 g/mol. The molecule has 0 aromatic carbocycles. The summed E-state index contributed by atoms with van der Waals surface area (Å²) in [6.07, 6.45) is 5.08. The molecule has 1 aliphatic rings. The highest BCUT2D eigenvalue weighted by Gasteiger charge is 2.24. The van der Waals surface area contributed by atoms with Crippen molar-refractivity contribution >= 4 is 11.8 Å². The molecule has 2 heterocycles. The number of rotatable bonds is 7. The number of hydrogen-bond acceptors (Lipinski definition) is 4. The largest absolute Gasteiger partial charge is 0.454 e. The molecule has 0 saturated carbocycles. The molecule has 0 radical (unpaired) electrons. The fourth-order valence-electron chi connectivity index (χ4n) is 3.30. The van der Waals surface area contributed by atoms with Crippen molar-refractivity contribution < 1.29 is 14.0 Å². The predicted octanol–water partition coefficient (Wildman–Crippen LogP) is 2.55. The standard InChI is InChI=1S/C19H31N3O3/c1-14(2)17(22-10-6-4-5-7-11-22)13-21-19(24)18-9-8-16(25-18)12-20-15(3)23/h8-9,14,17H,4-7,10-13H2,1-3H3,(H,20,23)(H,21,24)/t17-/m1/s1. The van der Waals surface area contributed by atoms with E-state index in [1.54, 1.807) is 12.1 Å². The van der Waals surface area contributed by atoms with Gasteiger partial charge in [-0.1, -0.05) is 26.7 Å². The zero-order valence-corrected chi connectivity index (χ0v) is 15.6. The SMILES string of the molecule is CC(=O)NCc1ccc(C(=O)NC[C@H](C(C)C)N2CCCCCC2)o1. The maximum atomic E-state index is 12.4. The van der Waals surface area contributed by atoms with Crippen LogP contribution >= 0.6 is 0 Å². The van der Waals surface area contributed by atoms with E-state index in [9.17, 15) is 9.59 Å². The van der Waals surface area contributed by atoms with E-state index in [1.807, 2.05) is 0 Å². The molecule has 0 bridgehead atoms. The Hall–Kier alpha value is -1.82. The second kappa shape index (κ2) is 9.61. The molecule has 6 heteroatoms. The van der Waals surface area contributed by atoms with Crippen LogP contribution in [-0.4, -0.2) is 42.4 Å². The Balaban J connectivity index is 1.88. The van der Waals surface area contributed by atoms with Crippen molar-refractivity contribution in [3.63, 3.8) is 0 Å². The number of carbonyl (C=O) groups excluding carboxylic acids is 2. The molecular weight excluding hydrogens is 318 g/mol. The summed E-state index contributed by atoms with van der Waals surface area (Å²) in [6.45, 7) is 9.01. The van der Waals surface area contributed by atoms with Gasteiger partial charge in [-0.15, -0.1) is 0 Å².